The van der Waals surface area contributed by atoms with Crippen LogP contribution in [0.4, 0.5) is 5.82 Å². The highest BCUT2D eigenvalue weighted by Gasteiger charge is 2.24. The average molecular weight is 249 g/mol. The summed E-state index contributed by atoms with van der Waals surface area (Å²) in [7, 11) is 1.74. The zero-order valence-corrected chi connectivity index (χ0v) is 10.1. The van der Waals surface area contributed by atoms with Crippen LogP contribution in [0.15, 0.2) is 18.3 Å². The van der Waals surface area contributed by atoms with E-state index in [9.17, 15) is 9.59 Å². The van der Waals surface area contributed by atoms with Gasteiger partial charge in [0.1, 0.15) is 11.4 Å². The fourth-order valence-corrected chi connectivity index (χ4v) is 2.02. The number of carbonyl (C=O) groups excluding carboxylic acids is 1. The first-order valence-electron chi connectivity index (χ1n) is 5.76. The Bertz CT molecular complexity index is 475. The molecule has 1 saturated heterocycles. The van der Waals surface area contributed by atoms with Crippen molar-refractivity contribution >= 4 is 17.7 Å². The van der Waals surface area contributed by atoms with E-state index in [1.165, 1.54) is 6.07 Å². The second-order valence-corrected chi connectivity index (χ2v) is 4.36. The van der Waals surface area contributed by atoms with Crippen molar-refractivity contribution in [2.75, 3.05) is 18.9 Å². The maximum absolute atomic E-state index is 11.4. The molecule has 0 aliphatic carbocycles. The predicted molar refractivity (Wildman–Crippen MR) is 65.5 cm³/mol. The van der Waals surface area contributed by atoms with Gasteiger partial charge in [-0.05, 0) is 18.6 Å². The molecule has 1 fully saturated rings. The van der Waals surface area contributed by atoms with Crippen molar-refractivity contribution in [3.63, 3.8) is 0 Å². The molecule has 0 saturated carbocycles. The molecule has 2 rings (SSSR count). The van der Waals surface area contributed by atoms with Gasteiger partial charge in [0, 0.05) is 32.3 Å². The van der Waals surface area contributed by atoms with Gasteiger partial charge in [0.15, 0.2) is 0 Å². The maximum atomic E-state index is 11.4. The summed E-state index contributed by atoms with van der Waals surface area (Å²) in [5.74, 6) is -0.531. The molecule has 1 aliphatic rings. The number of piperidine rings is 1. The van der Waals surface area contributed by atoms with Gasteiger partial charge in [0.05, 0.1) is 0 Å². The SMILES string of the molecule is CN1CC(Nc2ncccc2C(=O)O)CCC1=O. The number of hydrogen-bond donors (Lipinski definition) is 2. The van der Waals surface area contributed by atoms with Gasteiger partial charge in [-0.25, -0.2) is 9.78 Å². The Morgan fingerprint density at radius 1 is 1.61 bits per heavy atom. The van der Waals surface area contributed by atoms with Crippen LogP contribution in [0.5, 0.6) is 0 Å². The number of likely N-dealkylation sites (N-methyl/N-ethyl adjacent to an activating group) is 1. The third kappa shape index (κ3) is 2.58. The van der Waals surface area contributed by atoms with Crippen molar-refractivity contribution in [1.29, 1.82) is 0 Å². The van der Waals surface area contributed by atoms with E-state index < -0.39 is 5.97 Å². The van der Waals surface area contributed by atoms with E-state index in [1.807, 2.05) is 0 Å². The maximum Gasteiger partial charge on any atom is 0.339 e. The summed E-state index contributed by atoms with van der Waals surface area (Å²) in [4.78, 5) is 28.1. The number of aromatic nitrogens is 1. The number of rotatable bonds is 3. The molecule has 1 aliphatic heterocycles. The molecule has 1 amide bonds. The van der Waals surface area contributed by atoms with E-state index in [1.54, 1.807) is 24.2 Å². The Labute approximate surface area is 105 Å². The molecule has 2 heterocycles. The fraction of sp³-hybridized carbons (Fsp3) is 0.417. The van der Waals surface area contributed by atoms with Gasteiger partial charge < -0.3 is 15.3 Å². The predicted octanol–water partition coefficient (Wildman–Crippen LogP) is 0.812. The van der Waals surface area contributed by atoms with Crippen molar-refractivity contribution in [1.82, 2.24) is 9.88 Å². The summed E-state index contributed by atoms with van der Waals surface area (Å²) in [5, 5.41) is 12.1. The Morgan fingerprint density at radius 2 is 2.39 bits per heavy atom. The fourth-order valence-electron chi connectivity index (χ4n) is 2.02. The van der Waals surface area contributed by atoms with Crippen LogP contribution in [0.1, 0.15) is 23.2 Å². The zero-order chi connectivity index (χ0) is 13.1. The van der Waals surface area contributed by atoms with Crippen LogP contribution >= 0.6 is 0 Å². The molecule has 0 aromatic carbocycles. The number of hydrogen-bond acceptors (Lipinski definition) is 4. The third-order valence-corrected chi connectivity index (χ3v) is 3.01. The molecule has 1 unspecified atom stereocenters. The van der Waals surface area contributed by atoms with Crippen LogP contribution in [-0.4, -0.2) is 46.5 Å². The van der Waals surface area contributed by atoms with E-state index in [0.717, 1.165) is 0 Å². The van der Waals surface area contributed by atoms with Crippen molar-refractivity contribution in [2.45, 2.75) is 18.9 Å². The minimum Gasteiger partial charge on any atom is -0.478 e. The quantitative estimate of drug-likeness (QED) is 0.828. The second-order valence-electron chi connectivity index (χ2n) is 4.36. The summed E-state index contributed by atoms with van der Waals surface area (Å²) >= 11 is 0. The molecule has 0 radical (unpaired) electrons. The zero-order valence-electron chi connectivity index (χ0n) is 10.1. The molecular formula is C12H15N3O3. The summed E-state index contributed by atoms with van der Waals surface area (Å²) in [6.07, 6.45) is 2.72. The van der Waals surface area contributed by atoms with Gasteiger partial charge in [-0.3, -0.25) is 4.79 Å². The molecule has 1 aromatic rings. The van der Waals surface area contributed by atoms with Crippen LogP contribution in [0.3, 0.4) is 0 Å². The molecular weight excluding hydrogens is 234 g/mol. The van der Waals surface area contributed by atoms with Crippen LogP contribution < -0.4 is 5.32 Å². The van der Waals surface area contributed by atoms with E-state index in [0.29, 0.717) is 25.2 Å². The third-order valence-electron chi connectivity index (χ3n) is 3.01. The lowest BCUT2D eigenvalue weighted by atomic mass is 10.1. The number of pyridine rings is 1. The Hall–Kier alpha value is -2.11. The largest absolute Gasteiger partial charge is 0.478 e. The van der Waals surface area contributed by atoms with Crippen LogP contribution in [-0.2, 0) is 4.79 Å². The first-order valence-corrected chi connectivity index (χ1v) is 5.76. The number of anilines is 1. The summed E-state index contributed by atoms with van der Waals surface area (Å²) < 4.78 is 0. The van der Waals surface area contributed by atoms with Gasteiger partial charge in [-0.1, -0.05) is 0 Å². The van der Waals surface area contributed by atoms with E-state index in [4.69, 9.17) is 5.11 Å². The number of carbonyl (C=O) groups is 2. The number of aromatic carboxylic acids is 1. The highest BCUT2D eigenvalue weighted by Crippen LogP contribution is 2.17. The average Bonchev–Trinajstić information content (AvgIpc) is 2.34. The van der Waals surface area contributed by atoms with Gasteiger partial charge in [0.2, 0.25) is 5.91 Å². The molecule has 1 atom stereocenters. The molecule has 1 aromatic heterocycles. The number of amides is 1. The standard InChI is InChI=1S/C12H15N3O3/c1-15-7-8(4-5-10(15)16)14-11-9(12(17)18)3-2-6-13-11/h2-3,6,8H,4-5,7H2,1H3,(H,13,14)(H,17,18). The summed E-state index contributed by atoms with van der Waals surface area (Å²) in [5.41, 5.74) is 0.150. The summed E-state index contributed by atoms with van der Waals surface area (Å²) in [6, 6.07) is 3.14. The normalized spacial score (nSPS) is 19.7. The Morgan fingerprint density at radius 3 is 3.06 bits per heavy atom. The van der Waals surface area contributed by atoms with E-state index in [2.05, 4.69) is 10.3 Å². The summed E-state index contributed by atoms with van der Waals surface area (Å²) in [6.45, 7) is 0.564. The lowest BCUT2D eigenvalue weighted by molar-refractivity contribution is -0.132. The van der Waals surface area contributed by atoms with Gasteiger partial charge in [-0.2, -0.15) is 0 Å². The topological polar surface area (TPSA) is 82.5 Å². The van der Waals surface area contributed by atoms with Crippen molar-refractivity contribution in [2.24, 2.45) is 0 Å². The number of carboxylic acids is 1. The van der Waals surface area contributed by atoms with Gasteiger partial charge in [0.25, 0.3) is 0 Å². The number of carboxylic acid groups (broad SMARTS) is 1. The Kier molecular flexibility index (Phi) is 3.45. The molecule has 6 heteroatoms. The highest BCUT2D eigenvalue weighted by molar-refractivity contribution is 5.93. The van der Waals surface area contributed by atoms with Gasteiger partial charge >= 0.3 is 5.97 Å². The van der Waals surface area contributed by atoms with Crippen molar-refractivity contribution < 1.29 is 14.7 Å². The second kappa shape index (κ2) is 5.03. The molecule has 96 valence electrons. The molecule has 6 nitrogen and oxygen atoms in total. The number of likely N-dealkylation sites (tertiary alicyclic amines) is 1. The first kappa shape index (κ1) is 12.3. The highest BCUT2D eigenvalue weighted by atomic mass is 16.4. The van der Waals surface area contributed by atoms with E-state index in [-0.39, 0.29) is 17.5 Å². The van der Waals surface area contributed by atoms with Crippen molar-refractivity contribution in [3.8, 4) is 0 Å². The number of nitrogens with one attached hydrogen (secondary N) is 1. The van der Waals surface area contributed by atoms with Crippen molar-refractivity contribution in [3.05, 3.63) is 23.9 Å². The molecule has 2 N–H and O–H groups in total. The van der Waals surface area contributed by atoms with Crippen LogP contribution in [0, 0.1) is 0 Å². The van der Waals surface area contributed by atoms with Crippen LogP contribution in [0.25, 0.3) is 0 Å². The smallest absolute Gasteiger partial charge is 0.339 e. The molecule has 18 heavy (non-hydrogen) atoms. The molecule has 0 bridgehead atoms. The minimum absolute atomic E-state index is 0.0423. The number of nitrogens with zero attached hydrogens (tertiary/aromatic N) is 2. The van der Waals surface area contributed by atoms with E-state index >= 15 is 0 Å². The van der Waals surface area contributed by atoms with Crippen LogP contribution in [0.2, 0.25) is 0 Å². The lowest BCUT2D eigenvalue weighted by Gasteiger charge is -2.30. The Balaban J connectivity index is 2.10. The monoisotopic (exact) mass is 249 g/mol. The lowest BCUT2D eigenvalue weighted by Crippen LogP contribution is -2.43. The van der Waals surface area contributed by atoms with Gasteiger partial charge in [-0.15, -0.1) is 0 Å². The molecule has 0 spiro atoms. The minimum atomic E-state index is -1.01. The first-order chi connectivity index (χ1) is 8.58.